The van der Waals surface area contributed by atoms with Crippen LogP contribution in [0.15, 0.2) is 0 Å². The van der Waals surface area contributed by atoms with Gasteiger partial charge in [0.1, 0.15) is 0 Å². The van der Waals surface area contributed by atoms with E-state index in [1.807, 2.05) is 0 Å². The SMILES string of the molecule is NCC(O)OC1CCCC1. The average Bonchev–Trinajstić information content (AvgIpc) is 2.40. The van der Waals surface area contributed by atoms with E-state index in [2.05, 4.69) is 0 Å². The minimum absolute atomic E-state index is 0.205. The van der Waals surface area contributed by atoms with Gasteiger partial charge in [-0.2, -0.15) is 0 Å². The van der Waals surface area contributed by atoms with E-state index in [1.165, 1.54) is 12.8 Å². The summed E-state index contributed by atoms with van der Waals surface area (Å²) in [5, 5.41) is 8.97. The first-order chi connectivity index (χ1) is 4.83. The summed E-state index contributed by atoms with van der Waals surface area (Å²) in [5.41, 5.74) is 5.18. The van der Waals surface area contributed by atoms with Crippen LogP contribution < -0.4 is 5.73 Å². The summed E-state index contributed by atoms with van der Waals surface area (Å²) in [6.45, 7) is 0.205. The van der Waals surface area contributed by atoms with E-state index in [9.17, 15) is 0 Å². The molecule has 1 saturated carbocycles. The molecule has 0 aliphatic heterocycles. The largest absolute Gasteiger partial charge is 0.367 e. The van der Waals surface area contributed by atoms with Crippen LogP contribution in [0, 0.1) is 0 Å². The van der Waals surface area contributed by atoms with Crippen molar-refractivity contribution in [2.24, 2.45) is 5.73 Å². The normalized spacial score (nSPS) is 23.4. The molecule has 1 aliphatic carbocycles. The molecule has 60 valence electrons. The monoisotopic (exact) mass is 145 g/mol. The summed E-state index contributed by atoms with van der Waals surface area (Å²) in [6, 6.07) is 0. The second-order valence-corrected chi connectivity index (χ2v) is 2.73. The molecule has 3 nitrogen and oxygen atoms in total. The minimum atomic E-state index is -0.747. The number of aliphatic hydroxyl groups excluding tert-OH is 1. The molecule has 1 rings (SSSR count). The number of hydrogen-bond acceptors (Lipinski definition) is 3. The molecule has 10 heavy (non-hydrogen) atoms. The lowest BCUT2D eigenvalue weighted by atomic mass is 10.3. The summed E-state index contributed by atoms with van der Waals surface area (Å²) in [7, 11) is 0. The van der Waals surface area contributed by atoms with E-state index in [4.69, 9.17) is 15.6 Å². The van der Waals surface area contributed by atoms with Gasteiger partial charge in [-0.05, 0) is 12.8 Å². The first kappa shape index (κ1) is 7.98. The Morgan fingerprint density at radius 2 is 2.10 bits per heavy atom. The van der Waals surface area contributed by atoms with Crippen LogP contribution in [0.3, 0.4) is 0 Å². The smallest absolute Gasteiger partial charge is 0.167 e. The Hall–Kier alpha value is -0.120. The van der Waals surface area contributed by atoms with Gasteiger partial charge in [-0.25, -0.2) is 0 Å². The highest BCUT2D eigenvalue weighted by molar-refractivity contribution is 4.67. The number of aliphatic hydroxyl groups is 1. The van der Waals surface area contributed by atoms with Crippen LogP contribution in [0.4, 0.5) is 0 Å². The lowest BCUT2D eigenvalue weighted by Gasteiger charge is -2.14. The molecule has 0 saturated heterocycles. The van der Waals surface area contributed by atoms with Gasteiger partial charge >= 0.3 is 0 Å². The molecule has 3 N–H and O–H groups in total. The van der Waals surface area contributed by atoms with Crippen molar-refractivity contribution in [3.63, 3.8) is 0 Å². The molecule has 0 radical (unpaired) electrons. The van der Waals surface area contributed by atoms with Crippen LogP contribution in [-0.2, 0) is 4.74 Å². The van der Waals surface area contributed by atoms with Crippen LogP contribution in [0.1, 0.15) is 25.7 Å². The zero-order chi connectivity index (χ0) is 7.40. The van der Waals surface area contributed by atoms with Gasteiger partial charge < -0.3 is 15.6 Å². The molecule has 0 aromatic carbocycles. The summed E-state index contributed by atoms with van der Waals surface area (Å²) in [4.78, 5) is 0. The Morgan fingerprint density at radius 3 is 2.60 bits per heavy atom. The molecule has 0 bridgehead atoms. The van der Waals surface area contributed by atoms with E-state index in [0.29, 0.717) is 0 Å². The Balaban J connectivity index is 2.11. The number of nitrogens with two attached hydrogens (primary N) is 1. The summed E-state index contributed by atoms with van der Waals surface area (Å²) >= 11 is 0. The van der Waals surface area contributed by atoms with Crippen molar-refractivity contribution in [1.82, 2.24) is 0 Å². The van der Waals surface area contributed by atoms with Crippen molar-refractivity contribution >= 4 is 0 Å². The van der Waals surface area contributed by atoms with Crippen molar-refractivity contribution < 1.29 is 9.84 Å². The standard InChI is InChI=1S/C7H15NO2/c8-5-7(9)10-6-3-1-2-4-6/h6-7,9H,1-5,8H2. The molecular formula is C7H15NO2. The van der Waals surface area contributed by atoms with Crippen LogP contribution in [0.25, 0.3) is 0 Å². The molecule has 3 heteroatoms. The van der Waals surface area contributed by atoms with Gasteiger partial charge in [0.15, 0.2) is 6.29 Å². The third-order valence-electron chi connectivity index (χ3n) is 1.85. The molecule has 0 spiro atoms. The summed E-state index contributed by atoms with van der Waals surface area (Å²) < 4.78 is 5.19. The minimum Gasteiger partial charge on any atom is -0.367 e. The lowest BCUT2D eigenvalue weighted by molar-refractivity contribution is -0.126. The van der Waals surface area contributed by atoms with Gasteiger partial charge in [-0.15, -0.1) is 0 Å². The third-order valence-corrected chi connectivity index (χ3v) is 1.85. The van der Waals surface area contributed by atoms with Gasteiger partial charge in [0, 0.05) is 6.54 Å². The second-order valence-electron chi connectivity index (χ2n) is 2.73. The Bertz CT molecular complexity index is 91.6. The molecule has 1 atom stereocenters. The maximum atomic E-state index is 8.97. The maximum absolute atomic E-state index is 8.97. The first-order valence-corrected chi connectivity index (χ1v) is 3.86. The Labute approximate surface area is 61.2 Å². The van der Waals surface area contributed by atoms with E-state index < -0.39 is 6.29 Å². The molecular weight excluding hydrogens is 130 g/mol. The molecule has 0 aromatic rings. The van der Waals surface area contributed by atoms with Crippen molar-refractivity contribution in [2.75, 3.05) is 6.54 Å². The fraction of sp³-hybridized carbons (Fsp3) is 1.00. The quantitative estimate of drug-likeness (QED) is 0.559. The van der Waals surface area contributed by atoms with Crippen molar-refractivity contribution in [3.05, 3.63) is 0 Å². The predicted molar refractivity (Wildman–Crippen MR) is 38.4 cm³/mol. The maximum Gasteiger partial charge on any atom is 0.167 e. The molecule has 1 fully saturated rings. The van der Waals surface area contributed by atoms with Gasteiger partial charge in [0.25, 0.3) is 0 Å². The van der Waals surface area contributed by atoms with E-state index in [0.717, 1.165) is 12.8 Å². The lowest BCUT2D eigenvalue weighted by Crippen LogP contribution is -2.27. The highest BCUT2D eigenvalue weighted by Crippen LogP contribution is 2.21. The molecule has 0 amide bonds. The van der Waals surface area contributed by atoms with Crippen LogP contribution in [0.2, 0.25) is 0 Å². The number of hydrogen-bond donors (Lipinski definition) is 2. The molecule has 1 unspecified atom stereocenters. The van der Waals surface area contributed by atoms with Gasteiger partial charge in [-0.1, -0.05) is 12.8 Å². The van der Waals surface area contributed by atoms with Gasteiger partial charge in [-0.3, -0.25) is 0 Å². The number of ether oxygens (including phenoxy) is 1. The highest BCUT2D eigenvalue weighted by atomic mass is 16.6. The van der Waals surface area contributed by atoms with Crippen LogP contribution in [-0.4, -0.2) is 24.0 Å². The molecule has 0 aromatic heterocycles. The predicted octanol–water partition coefficient (Wildman–Crippen LogP) is 0.223. The topological polar surface area (TPSA) is 55.5 Å². The summed E-state index contributed by atoms with van der Waals surface area (Å²) in [5.74, 6) is 0. The Morgan fingerprint density at radius 1 is 1.50 bits per heavy atom. The summed E-state index contributed by atoms with van der Waals surface area (Å²) in [6.07, 6.45) is 4.12. The highest BCUT2D eigenvalue weighted by Gasteiger charge is 2.17. The zero-order valence-corrected chi connectivity index (χ0v) is 6.12. The molecule has 1 aliphatic rings. The van der Waals surface area contributed by atoms with Crippen molar-refractivity contribution in [1.29, 1.82) is 0 Å². The fourth-order valence-corrected chi connectivity index (χ4v) is 1.30. The van der Waals surface area contributed by atoms with E-state index in [1.54, 1.807) is 0 Å². The first-order valence-electron chi connectivity index (χ1n) is 3.86. The fourth-order valence-electron chi connectivity index (χ4n) is 1.30. The Kier molecular flexibility index (Phi) is 3.12. The van der Waals surface area contributed by atoms with E-state index in [-0.39, 0.29) is 12.6 Å². The van der Waals surface area contributed by atoms with Crippen LogP contribution >= 0.6 is 0 Å². The number of rotatable bonds is 3. The average molecular weight is 145 g/mol. The van der Waals surface area contributed by atoms with Gasteiger partial charge in [0.05, 0.1) is 6.10 Å². The second kappa shape index (κ2) is 3.91. The third kappa shape index (κ3) is 2.25. The zero-order valence-electron chi connectivity index (χ0n) is 6.12. The van der Waals surface area contributed by atoms with E-state index >= 15 is 0 Å². The van der Waals surface area contributed by atoms with Crippen molar-refractivity contribution in [3.8, 4) is 0 Å². The van der Waals surface area contributed by atoms with Gasteiger partial charge in [0.2, 0.25) is 0 Å². The van der Waals surface area contributed by atoms with Crippen molar-refractivity contribution in [2.45, 2.75) is 38.1 Å². The molecule has 0 heterocycles. The van der Waals surface area contributed by atoms with Crippen LogP contribution in [0.5, 0.6) is 0 Å².